The minimum atomic E-state index is -3.79. The first kappa shape index (κ1) is 20.1. The van der Waals surface area contributed by atoms with Crippen LogP contribution in [0.1, 0.15) is 10.6 Å². The molecule has 0 bridgehead atoms. The van der Waals surface area contributed by atoms with Crippen LogP contribution >= 0.6 is 0 Å². The molecule has 0 N–H and O–H groups in total. The van der Waals surface area contributed by atoms with Crippen molar-refractivity contribution in [2.24, 2.45) is 0 Å². The molecule has 1 aromatic carbocycles. The Labute approximate surface area is 169 Å². The summed E-state index contributed by atoms with van der Waals surface area (Å²) in [5.41, 5.74) is 0. The number of rotatable bonds is 4. The van der Waals surface area contributed by atoms with Crippen molar-refractivity contribution in [1.29, 1.82) is 0 Å². The summed E-state index contributed by atoms with van der Waals surface area (Å²) >= 11 is 0. The standard InChI is InChI=1S/C19H22N2O6S2/c22-19(17-7-4-12-27-17)21-10-8-20(9-11-21)16-13-28(23,24)14-18(16)29(25,26)15-5-2-1-3-6-15/h1-7,12,16,18H,8-11,13-14H2/t16-,18-/m0/s1. The molecule has 156 valence electrons. The highest BCUT2D eigenvalue weighted by molar-refractivity contribution is 7.96. The lowest BCUT2D eigenvalue weighted by Crippen LogP contribution is -2.55. The van der Waals surface area contributed by atoms with Crippen LogP contribution in [0.5, 0.6) is 0 Å². The number of piperazine rings is 1. The van der Waals surface area contributed by atoms with Crippen molar-refractivity contribution in [2.45, 2.75) is 16.2 Å². The Morgan fingerprint density at radius 3 is 2.28 bits per heavy atom. The van der Waals surface area contributed by atoms with Crippen molar-refractivity contribution < 1.29 is 26.0 Å². The van der Waals surface area contributed by atoms with Gasteiger partial charge in [0.25, 0.3) is 5.91 Å². The van der Waals surface area contributed by atoms with Crippen LogP contribution in [-0.4, -0.2) is 81.5 Å². The van der Waals surface area contributed by atoms with Gasteiger partial charge in [0.05, 0.1) is 27.9 Å². The zero-order valence-corrected chi connectivity index (χ0v) is 17.3. The van der Waals surface area contributed by atoms with E-state index >= 15 is 0 Å². The molecular weight excluding hydrogens is 416 g/mol. The van der Waals surface area contributed by atoms with Crippen LogP contribution in [0.2, 0.25) is 0 Å². The van der Waals surface area contributed by atoms with Crippen LogP contribution in [0.4, 0.5) is 0 Å². The lowest BCUT2D eigenvalue weighted by Gasteiger charge is -2.39. The minimum Gasteiger partial charge on any atom is -0.459 e. The van der Waals surface area contributed by atoms with Gasteiger partial charge in [-0.25, -0.2) is 16.8 Å². The molecule has 2 saturated heterocycles. The average Bonchev–Trinajstić information content (AvgIpc) is 3.36. The Morgan fingerprint density at radius 2 is 1.66 bits per heavy atom. The molecule has 1 amide bonds. The van der Waals surface area contributed by atoms with Crippen molar-refractivity contribution >= 4 is 25.6 Å². The average molecular weight is 439 g/mol. The molecule has 3 heterocycles. The van der Waals surface area contributed by atoms with E-state index in [0.29, 0.717) is 26.2 Å². The molecule has 0 radical (unpaired) electrons. The maximum Gasteiger partial charge on any atom is 0.289 e. The van der Waals surface area contributed by atoms with Gasteiger partial charge in [-0.15, -0.1) is 0 Å². The predicted octanol–water partition coefficient (Wildman–Crippen LogP) is 0.677. The summed E-state index contributed by atoms with van der Waals surface area (Å²) < 4.78 is 56.1. The first-order valence-electron chi connectivity index (χ1n) is 9.34. The fourth-order valence-corrected chi connectivity index (χ4v) is 8.88. The van der Waals surface area contributed by atoms with Gasteiger partial charge in [0.15, 0.2) is 25.4 Å². The molecule has 10 heteroatoms. The lowest BCUT2D eigenvalue weighted by molar-refractivity contribution is 0.0560. The smallest absolute Gasteiger partial charge is 0.289 e. The highest BCUT2D eigenvalue weighted by Gasteiger charge is 2.48. The van der Waals surface area contributed by atoms with E-state index in [1.54, 1.807) is 35.2 Å². The van der Waals surface area contributed by atoms with Gasteiger partial charge >= 0.3 is 0 Å². The largest absolute Gasteiger partial charge is 0.459 e. The highest BCUT2D eigenvalue weighted by atomic mass is 32.2. The molecule has 2 aromatic rings. The van der Waals surface area contributed by atoms with Crippen molar-refractivity contribution in [3.63, 3.8) is 0 Å². The Bertz CT molecular complexity index is 1070. The molecule has 0 unspecified atom stereocenters. The number of carbonyl (C=O) groups excluding carboxylic acids is 1. The van der Waals surface area contributed by atoms with Gasteiger partial charge in [0.1, 0.15) is 0 Å². The maximum atomic E-state index is 13.1. The van der Waals surface area contributed by atoms with Crippen molar-refractivity contribution in [2.75, 3.05) is 37.7 Å². The van der Waals surface area contributed by atoms with Gasteiger partial charge in [-0.1, -0.05) is 18.2 Å². The molecule has 2 aliphatic heterocycles. The van der Waals surface area contributed by atoms with Gasteiger partial charge in [0, 0.05) is 32.2 Å². The molecule has 4 rings (SSSR count). The van der Waals surface area contributed by atoms with E-state index in [2.05, 4.69) is 0 Å². The van der Waals surface area contributed by atoms with Gasteiger partial charge in [-0.2, -0.15) is 0 Å². The van der Waals surface area contributed by atoms with E-state index in [0.717, 1.165) is 0 Å². The van der Waals surface area contributed by atoms with Crippen LogP contribution in [0, 0.1) is 0 Å². The molecule has 29 heavy (non-hydrogen) atoms. The summed E-state index contributed by atoms with van der Waals surface area (Å²) in [6, 6.07) is 10.6. The molecular formula is C19H22N2O6S2. The van der Waals surface area contributed by atoms with Crippen LogP contribution in [0.15, 0.2) is 58.0 Å². The third-order valence-corrected chi connectivity index (χ3v) is 9.68. The zero-order valence-electron chi connectivity index (χ0n) is 15.7. The maximum absolute atomic E-state index is 13.1. The van der Waals surface area contributed by atoms with Crippen LogP contribution in [0.3, 0.4) is 0 Å². The quantitative estimate of drug-likeness (QED) is 0.691. The van der Waals surface area contributed by atoms with Crippen LogP contribution in [-0.2, 0) is 19.7 Å². The first-order valence-corrected chi connectivity index (χ1v) is 12.7. The molecule has 8 nitrogen and oxygen atoms in total. The van der Waals surface area contributed by atoms with Crippen molar-refractivity contribution in [3.8, 4) is 0 Å². The van der Waals surface area contributed by atoms with Crippen LogP contribution in [0.25, 0.3) is 0 Å². The summed E-state index contributed by atoms with van der Waals surface area (Å²) in [4.78, 5) is 16.1. The summed E-state index contributed by atoms with van der Waals surface area (Å²) in [6.07, 6.45) is 1.44. The third-order valence-electron chi connectivity index (χ3n) is 5.54. The Morgan fingerprint density at radius 1 is 0.966 bits per heavy atom. The normalized spacial score (nSPS) is 25.2. The molecule has 0 saturated carbocycles. The van der Waals surface area contributed by atoms with E-state index < -0.39 is 31.0 Å². The second kappa shape index (κ2) is 7.58. The highest BCUT2D eigenvalue weighted by Crippen LogP contribution is 2.29. The lowest BCUT2D eigenvalue weighted by atomic mass is 10.2. The Balaban J connectivity index is 1.52. The monoisotopic (exact) mass is 438 g/mol. The number of carbonyl (C=O) groups is 1. The summed E-state index contributed by atoms with van der Waals surface area (Å²) in [5, 5.41) is -1.01. The molecule has 0 aliphatic carbocycles. The van der Waals surface area contributed by atoms with E-state index in [1.165, 1.54) is 18.4 Å². The SMILES string of the molecule is O=C(c1ccco1)N1CCN([C@H]2CS(=O)(=O)C[C@@H]2S(=O)(=O)c2ccccc2)CC1. The molecule has 2 atom stereocenters. The first-order chi connectivity index (χ1) is 13.8. The Hall–Kier alpha value is -2.17. The second-order valence-corrected chi connectivity index (χ2v) is 11.7. The van der Waals surface area contributed by atoms with Gasteiger partial charge in [-0.3, -0.25) is 9.69 Å². The number of amides is 1. The molecule has 2 fully saturated rings. The summed E-state index contributed by atoms with van der Waals surface area (Å²) in [5.74, 6) is -0.524. The number of furan rings is 1. The number of benzene rings is 1. The van der Waals surface area contributed by atoms with Crippen molar-refractivity contribution in [3.05, 3.63) is 54.5 Å². The topological polar surface area (TPSA) is 105 Å². The molecule has 2 aliphatic rings. The molecule has 1 aromatic heterocycles. The zero-order chi connectivity index (χ0) is 20.6. The summed E-state index contributed by atoms with van der Waals surface area (Å²) in [7, 11) is -7.26. The van der Waals surface area contributed by atoms with Crippen LogP contribution < -0.4 is 0 Å². The van der Waals surface area contributed by atoms with Gasteiger partial charge in [0.2, 0.25) is 0 Å². The van der Waals surface area contributed by atoms with Gasteiger partial charge in [-0.05, 0) is 24.3 Å². The third kappa shape index (κ3) is 3.96. The Kier molecular flexibility index (Phi) is 5.26. The fraction of sp³-hybridized carbons (Fsp3) is 0.421. The number of hydrogen-bond acceptors (Lipinski definition) is 7. The van der Waals surface area contributed by atoms with Gasteiger partial charge < -0.3 is 9.32 Å². The van der Waals surface area contributed by atoms with E-state index in [1.807, 2.05) is 4.90 Å². The number of nitrogens with zero attached hydrogens (tertiary/aromatic N) is 2. The van der Waals surface area contributed by atoms with E-state index in [4.69, 9.17) is 4.42 Å². The number of hydrogen-bond donors (Lipinski definition) is 0. The fourth-order valence-electron chi connectivity index (χ4n) is 4.03. The number of sulfone groups is 2. The van der Waals surface area contributed by atoms with Crippen molar-refractivity contribution in [1.82, 2.24) is 9.80 Å². The summed E-state index contributed by atoms with van der Waals surface area (Å²) in [6.45, 7) is 1.59. The second-order valence-electron chi connectivity index (χ2n) is 7.35. The predicted molar refractivity (Wildman–Crippen MR) is 106 cm³/mol. The minimum absolute atomic E-state index is 0.138. The van der Waals surface area contributed by atoms with E-state index in [9.17, 15) is 21.6 Å². The van der Waals surface area contributed by atoms with E-state index in [-0.39, 0.29) is 28.1 Å². The molecule has 0 spiro atoms.